The van der Waals surface area contributed by atoms with Crippen LogP contribution in [0.5, 0.6) is 0 Å². The molecule has 1 aromatic rings. The van der Waals surface area contributed by atoms with Crippen molar-refractivity contribution in [3.63, 3.8) is 0 Å². The molecule has 0 radical (unpaired) electrons. The van der Waals surface area contributed by atoms with Crippen LogP contribution in [0.25, 0.3) is 0 Å². The van der Waals surface area contributed by atoms with Crippen molar-refractivity contribution in [1.29, 1.82) is 0 Å². The van der Waals surface area contributed by atoms with Gasteiger partial charge in [0.15, 0.2) is 0 Å². The standard InChI is InChI=1S/C16H24FN/c1-11-3-6-14(9-12(11)2)16(18)10-13-4-7-15(17)8-5-13/h4-5,7-8,11-12,14,16H,3,6,9-10,18H2,1-2H3. The fourth-order valence-corrected chi connectivity index (χ4v) is 3.04. The lowest BCUT2D eigenvalue weighted by Gasteiger charge is -2.35. The maximum atomic E-state index is 12.8. The molecular weight excluding hydrogens is 225 g/mol. The molecule has 1 aliphatic carbocycles. The average Bonchev–Trinajstić information content (AvgIpc) is 2.35. The normalized spacial score (nSPS) is 30.1. The van der Waals surface area contributed by atoms with Crippen molar-refractivity contribution in [1.82, 2.24) is 0 Å². The Morgan fingerprint density at radius 1 is 1.17 bits per heavy atom. The summed E-state index contributed by atoms with van der Waals surface area (Å²) in [5.74, 6) is 2.07. The van der Waals surface area contributed by atoms with Crippen LogP contribution in [-0.4, -0.2) is 6.04 Å². The van der Waals surface area contributed by atoms with Gasteiger partial charge in [-0.15, -0.1) is 0 Å². The molecule has 100 valence electrons. The molecule has 0 bridgehead atoms. The number of hydrogen-bond acceptors (Lipinski definition) is 1. The van der Waals surface area contributed by atoms with Gasteiger partial charge in [-0.2, -0.15) is 0 Å². The van der Waals surface area contributed by atoms with Gasteiger partial charge in [0.2, 0.25) is 0 Å². The van der Waals surface area contributed by atoms with Crippen molar-refractivity contribution in [2.24, 2.45) is 23.5 Å². The summed E-state index contributed by atoms with van der Waals surface area (Å²) in [6, 6.07) is 6.96. The first kappa shape index (κ1) is 13.5. The third-order valence-electron chi connectivity index (χ3n) is 4.63. The molecule has 0 amide bonds. The third-order valence-corrected chi connectivity index (χ3v) is 4.63. The van der Waals surface area contributed by atoms with E-state index in [0.717, 1.165) is 23.8 Å². The van der Waals surface area contributed by atoms with E-state index in [1.54, 1.807) is 0 Å². The van der Waals surface area contributed by atoms with Crippen LogP contribution >= 0.6 is 0 Å². The van der Waals surface area contributed by atoms with Crippen molar-refractivity contribution in [2.75, 3.05) is 0 Å². The van der Waals surface area contributed by atoms with E-state index in [0.29, 0.717) is 5.92 Å². The van der Waals surface area contributed by atoms with Gasteiger partial charge in [0, 0.05) is 6.04 Å². The maximum absolute atomic E-state index is 12.8. The molecule has 0 heterocycles. The SMILES string of the molecule is CC1CCC(C(N)Cc2ccc(F)cc2)CC1C. The summed E-state index contributed by atoms with van der Waals surface area (Å²) in [6.07, 6.45) is 4.65. The van der Waals surface area contributed by atoms with Crippen molar-refractivity contribution in [2.45, 2.75) is 45.6 Å². The van der Waals surface area contributed by atoms with Crippen LogP contribution in [0.3, 0.4) is 0 Å². The summed E-state index contributed by atoms with van der Waals surface area (Å²) in [4.78, 5) is 0. The highest BCUT2D eigenvalue weighted by atomic mass is 19.1. The van der Waals surface area contributed by atoms with Gasteiger partial charge >= 0.3 is 0 Å². The van der Waals surface area contributed by atoms with Crippen LogP contribution in [0.1, 0.15) is 38.7 Å². The minimum atomic E-state index is -0.174. The Kier molecular flexibility index (Phi) is 4.39. The van der Waals surface area contributed by atoms with Crippen molar-refractivity contribution in [3.05, 3.63) is 35.6 Å². The summed E-state index contributed by atoms with van der Waals surface area (Å²) in [5.41, 5.74) is 7.48. The summed E-state index contributed by atoms with van der Waals surface area (Å²) in [5, 5.41) is 0. The first-order valence-electron chi connectivity index (χ1n) is 7.06. The first-order chi connectivity index (χ1) is 8.56. The zero-order valence-electron chi connectivity index (χ0n) is 11.4. The van der Waals surface area contributed by atoms with Gasteiger partial charge in [-0.05, 0) is 54.7 Å². The van der Waals surface area contributed by atoms with Crippen molar-refractivity contribution < 1.29 is 4.39 Å². The van der Waals surface area contributed by atoms with Crippen LogP contribution in [0, 0.1) is 23.6 Å². The lowest BCUT2D eigenvalue weighted by molar-refractivity contribution is 0.185. The quantitative estimate of drug-likeness (QED) is 0.867. The fraction of sp³-hybridized carbons (Fsp3) is 0.625. The molecule has 0 aromatic heterocycles. The predicted molar refractivity (Wildman–Crippen MR) is 73.7 cm³/mol. The second-order valence-electron chi connectivity index (χ2n) is 6.02. The largest absolute Gasteiger partial charge is 0.327 e. The van der Waals surface area contributed by atoms with Gasteiger partial charge in [0.25, 0.3) is 0 Å². The van der Waals surface area contributed by atoms with Crippen LogP contribution in [-0.2, 0) is 6.42 Å². The second-order valence-corrected chi connectivity index (χ2v) is 6.02. The highest BCUT2D eigenvalue weighted by molar-refractivity contribution is 5.17. The maximum Gasteiger partial charge on any atom is 0.123 e. The van der Waals surface area contributed by atoms with E-state index in [9.17, 15) is 4.39 Å². The van der Waals surface area contributed by atoms with Crippen molar-refractivity contribution in [3.8, 4) is 0 Å². The minimum Gasteiger partial charge on any atom is -0.327 e. The molecule has 0 aliphatic heterocycles. The number of benzene rings is 1. The van der Waals surface area contributed by atoms with Gasteiger partial charge in [-0.25, -0.2) is 4.39 Å². The first-order valence-corrected chi connectivity index (χ1v) is 7.06. The summed E-state index contributed by atoms with van der Waals surface area (Å²) < 4.78 is 12.8. The monoisotopic (exact) mass is 249 g/mol. The van der Waals surface area contributed by atoms with Crippen molar-refractivity contribution >= 4 is 0 Å². The zero-order chi connectivity index (χ0) is 13.1. The topological polar surface area (TPSA) is 26.0 Å². The average molecular weight is 249 g/mol. The van der Waals surface area contributed by atoms with Gasteiger partial charge in [-0.1, -0.05) is 32.4 Å². The Hall–Kier alpha value is -0.890. The number of rotatable bonds is 3. The zero-order valence-corrected chi connectivity index (χ0v) is 11.4. The van der Waals surface area contributed by atoms with Crippen LogP contribution in [0.2, 0.25) is 0 Å². The van der Waals surface area contributed by atoms with E-state index in [4.69, 9.17) is 5.73 Å². The number of nitrogens with two attached hydrogens (primary N) is 1. The Balaban J connectivity index is 1.91. The summed E-state index contributed by atoms with van der Waals surface area (Å²) in [6.45, 7) is 4.67. The molecule has 18 heavy (non-hydrogen) atoms. The molecule has 1 fully saturated rings. The van der Waals surface area contributed by atoms with Crippen LogP contribution < -0.4 is 5.73 Å². The highest BCUT2D eigenvalue weighted by Gasteiger charge is 2.28. The second kappa shape index (κ2) is 5.83. The van der Waals surface area contributed by atoms with Gasteiger partial charge in [-0.3, -0.25) is 0 Å². The Bertz CT molecular complexity index is 373. The Morgan fingerprint density at radius 3 is 2.44 bits per heavy atom. The van der Waals surface area contributed by atoms with Gasteiger partial charge in [0.1, 0.15) is 5.82 Å². The lowest BCUT2D eigenvalue weighted by Crippen LogP contribution is -2.36. The molecule has 1 aromatic carbocycles. The van der Waals surface area contributed by atoms with Crippen LogP contribution in [0.15, 0.2) is 24.3 Å². The molecular formula is C16H24FN. The fourth-order valence-electron chi connectivity index (χ4n) is 3.04. The van der Waals surface area contributed by atoms with E-state index in [1.165, 1.54) is 31.4 Å². The minimum absolute atomic E-state index is 0.174. The summed E-state index contributed by atoms with van der Waals surface area (Å²) >= 11 is 0. The Morgan fingerprint density at radius 2 is 1.83 bits per heavy atom. The van der Waals surface area contributed by atoms with E-state index in [2.05, 4.69) is 13.8 Å². The predicted octanol–water partition coefficient (Wildman–Crippen LogP) is 3.77. The molecule has 4 atom stereocenters. The molecule has 4 unspecified atom stereocenters. The molecule has 2 heteroatoms. The molecule has 2 N–H and O–H groups in total. The van der Waals surface area contributed by atoms with E-state index in [-0.39, 0.29) is 11.9 Å². The third kappa shape index (κ3) is 3.32. The number of halogens is 1. The molecule has 0 saturated heterocycles. The van der Waals surface area contributed by atoms with Crippen LogP contribution in [0.4, 0.5) is 4.39 Å². The molecule has 1 saturated carbocycles. The molecule has 1 nitrogen and oxygen atoms in total. The van der Waals surface area contributed by atoms with Gasteiger partial charge < -0.3 is 5.73 Å². The van der Waals surface area contributed by atoms with E-state index in [1.807, 2.05) is 12.1 Å². The van der Waals surface area contributed by atoms with Gasteiger partial charge in [0.05, 0.1) is 0 Å². The summed E-state index contributed by atoms with van der Waals surface area (Å²) in [7, 11) is 0. The Labute approximate surface area is 110 Å². The molecule has 2 rings (SSSR count). The highest BCUT2D eigenvalue weighted by Crippen LogP contribution is 2.35. The van der Waals surface area contributed by atoms with E-state index < -0.39 is 0 Å². The smallest absolute Gasteiger partial charge is 0.123 e. The van der Waals surface area contributed by atoms with E-state index >= 15 is 0 Å². The molecule has 0 spiro atoms. The lowest BCUT2D eigenvalue weighted by atomic mass is 9.72. The molecule has 1 aliphatic rings. The number of hydrogen-bond donors (Lipinski definition) is 1.